The fourth-order valence-corrected chi connectivity index (χ4v) is 1.09. The normalized spacial score (nSPS) is 9.23. The summed E-state index contributed by atoms with van der Waals surface area (Å²) in [5.41, 5.74) is 1.37. The number of hydrogen-bond donors (Lipinski definition) is 0. The van der Waals surface area contributed by atoms with Gasteiger partial charge >= 0.3 is 0 Å². The third kappa shape index (κ3) is 4.71. The van der Waals surface area contributed by atoms with E-state index in [4.69, 9.17) is 0 Å². The summed E-state index contributed by atoms with van der Waals surface area (Å²) in [6.07, 6.45) is 7.82. The molecule has 76 valence electrons. The van der Waals surface area contributed by atoms with Crippen molar-refractivity contribution in [2.24, 2.45) is 0 Å². The maximum absolute atomic E-state index is 4.20. The van der Waals surface area contributed by atoms with Crippen molar-refractivity contribution in [1.29, 1.82) is 0 Å². The summed E-state index contributed by atoms with van der Waals surface area (Å²) in [5.74, 6) is 0. The van der Waals surface area contributed by atoms with E-state index < -0.39 is 0 Å². The molecule has 2 heteroatoms. The number of unbranched alkanes of at least 4 members (excludes halogenated alkanes) is 1. The van der Waals surface area contributed by atoms with Crippen LogP contribution in [0.1, 0.15) is 46.1 Å². The van der Waals surface area contributed by atoms with Crippen molar-refractivity contribution in [2.75, 3.05) is 0 Å². The first-order valence-electron chi connectivity index (χ1n) is 5.38. The topological polar surface area (TPSA) is 17.8 Å². The van der Waals surface area contributed by atoms with E-state index in [1.807, 2.05) is 24.7 Å². The van der Waals surface area contributed by atoms with Gasteiger partial charge in [-0.25, -0.2) is 0 Å². The molecule has 1 rings (SSSR count). The molecule has 13 heavy (non-hydrogen) atoms. The molecule has 0 fully saturated rings. The lowest BCUT2D eigenvalue weighted by Crippen LogP contribution is -1.92. The van der Waals surface area contributed by atoms with Gasteiger partial charge in [-0.2, -0.15) is 5.10 Å². The maximum Gasteiger partial charge on any atom is 0.0521 e. The van der Waals surface area contributed by atoms with Gasteiger partial charge < -0.3 is 0 Å². The van der Waals surface area contributed by atoms with E-state index in [2.05, 4.69) is 25.1 Å². The Morgan fingerprint density at radius 3 is 2.46 bits per heavy atom. The van der Waals surface area contributed by atoms with Gasteiger partial charge in [0.25, 0.3) is 0 Å². The number of aromatic nitrogens is 2. The molecule has 0 aliphatic rings. The highest BCUT2D eigenvalue weighted by Gasteiger charge is 1.94. The smallest absolute Gasteiger partial charge is 0.0521 e. The van der Waals surface area contributed by atoms with E-state index in [0.717, 1.165) is 6.54 Å². The Morgan fingerprint density at radius 2 is 2.00 bits per heavy atom. The number of rotatable bonds is 4. The Hall–Kier alpha value is -0.790. The lowest BCUT2D eigenvalue weighted by molar-refractivity contribution is 0.658. The van der Waals surface area contributed by atoms with E-state index in [-0.39, 0.29) is 0 Å². The predicted molar refractivity (Wildman–Crippen MR) is 57.9 cm³/mol. The molecule has 0 aliphatic carbocycles. The number of nitrogens with zero attached hydrogens (tertiary/aromatic N) is 2. The van der Waals surface area contributed by atoms with Gasteiger partial charge in [-0.15, -0.1) is 0 Å². The second-order valence-electron chi connectivity index (χ2n) is 2.81. The van der Waals surface area contributed by atoms with Crippen molar-refractivity contribution in [2.45, 2.75) is 53.5 Å². The van der Waals surface area contributed by atoms with E-state index in [9.17, 15) is 0 Å². The average Bonchev–Trinajstić information content (AvgIpc) is 2.65. The van der Waals surface area contributed by atoms with Crippen LogP contribution in [-0.2, 0) is 13.0 Å². The number of hydrogen-bond acceptors (Lipinski definition) is 1. The molecule has 0 aliphatic heterocycles. The predicted octanol–water partition coefficient (Wildman–Crippen LogP) is 3.27. The first-order chi connectivity index (χ1) is 6.36. The third-order valence-electron chi connectivity index (χ3n) is 1.83. The second-order valence-corrected chi connectivity index (χ2v) is 2.81. The van der Waals surface area contributed by atoms with Crippen molar-refractivity contribution in [1.82, 2.24) is 9.78 Å². The molecule has 1 aromatic heterocycles. The molecule has 0 atom stereocenters. The van der Waals surface area contributed by atoms with Crippen LogP contribution in [0.2, 0.25) is 0 Å². The minimum absolute atomic E-state index is 0.978. The first kappa shape index (κ1) is 12.2. The summed E-state index contributed by atoms with van der Waals surface area (Å²) in [4.78, 5) is 0. The highest BCUT2D eigenvalue weighted by Crippen LogP contribution is 2.02. The van der Waals surface area contributed by atoms with Crippen LogP contribution in [0.5, 0.6) is 0 Å². The van der Waals surface area contributed by atoms with Crippen LogP contribution in [0.4, 0.5) is 0 Å². The molecule has 0 saturated heterocycles. The summed E-state index contributed by atoms with van der Waals surface area (Å²) in [7, 11) is 0. The third-order valence-corrected chi connectivity index (χ3v) is 1.83. The molecular weight excluding hydrogens is 160 g/mol. The van der Waals surface area contributed by atoms with Crippen molar-refractivity contribution < 1.29 is 0 Å². The standard InChI is InChI=1S/C9H16N2.C2H6/c1-3-5-6-9-7-10-11(4-2)8-9;1-2/h7-8H,3-6H2,1-2H3;1-2H3. The van der Waals surface area contributed by atoms with E-state index in [1.165, 1.54) is 24.8 Å². The van der Waals surface area contributed by atoms with Gasteiger partial charge in [0.1, 0.15) is 0 Å². The molecule has 0 N–H and O–H groups in total. The van der Waals surface area contributed by atoms with E-state index in [0.29, 0.717) is 0 Å². The average molecular weight is 182 g/mol. The molecule has 0 amide bonds. The highest BCUT2D eigenvalue weighted by atomic mass is 15.3. The van der Waals surface area contributed by atoms with Crippen molar-refractivity contribution in [3.05, 3.63) is 18.0 Å². The molecule has 0 saturated carbocycles. The van der Waals surface area contributed by atoms with Crippen LogP contribution in [0.15, 0.2) is 12.4 Å². The van der Waals surface area contributed by atoms with E-state index in [1.54, 1.807) is 0 Å². The summed E-state index contributed by atoms with van der Waals surface area (Å²) in [5, 5.41) is 4.20. The van der Waals surface area contributed by atoms with Gasteiger partial charge in [-0.3, -0.25) is 4.68 Å². The highest BCUT2D eigenvalue weighted by molar-refractivity contribution is 5.03. The minimum Gasteiger partial charge on any atom is -0.273 e. The molecule has 1 heterocycles. The lowest BCUT2D eigenvalue weighted by Gasteiger charge is -1.92. The molecule has 0 spiro atoms. The summed E-state index contributed by atoms with van der Waals surface area (Å²) >= 11 is 0. The summed E-state index contributed by atoms with van der Waals surface area (Å²) < 4.78 is 1.98. The molecule has 0 unspecified atom stereocenters. The number of aryl methyl sites for hydroxylation is 2. The van der Waals surface area contributed by atoms with Gasteiger partial charge in [0.05, 0.1) is 6.20 Å². The lowest BCUT2D eigenvalue weighted by atomic mass is 10.2. The second kappa shape index (κ2) is 7.84. The maximum atomic E-state index is 4.20. The van der Waals surface area contributed by atoms with E-state index >= 15 is 0 Å². The minimum atomic E-state index is 0.978. The van der Waals surface area contributed by atoms with Crippen LogP contribution in [0.3, 0.4) is 0 Å². The Morgan fingerprint density at radius 1 is 1.31 bits per heavy atom. The van der Waals surface area contributed by atoms with Crippen LogP contribution in [0.25, 0.3) is 0 Å². The first-order valence-corrected chi connectivity index (χ1v) is 5.38. The zero-order chi connectivity index (χ0) is 10.1. The van der Waals surface area contributed by atoms with Crippen LogP contribution < -0.4 is 0 Å². The summed E-state index contributed by atoms with van der Waals surface area (Å²) in [6.45, 7) is 9.30. The fourth-order valence-electron chi connectivity index (χ4n) is 1.09. The fraction of sp³-hybridized carbons (Fsp3) is 0.727. The van der Waals surface area contributed by atoms with Crippen molar-refractivity contribution in [3.8, 4) is 0 Å². The molecule has 1 aromatic rings. The van der Waals surface area contributed by atoms with Gasteiger partial charge in [0, 0.05) is 12.7 Å². The molecule has 2 nitrogen and oxygen atoms in total. The zero-order valence-electron chi connectivity index (χ0n) is 9.38. The Balaban J connectivity index is 0.000000671. The van der Waals surface area contributed by atoms with Crippen LogP contribution in [-0.4, -0.2) is 9.78 Å². The Bertz CT molecular complexity index is 204. The SMILES string of the molecule is CC.CCCCc1cnn(CC)c1. The van der Waals surface area contributed by atoms with Gasteiger partial charge in [0.15, 0.2) is 0 Å². The Kier molecular flexibility index (Phi) is 7.36. The van der Waals surface area contributed by atoms with Gasteiger partial charge in [-0.1, -0.05) is 27.2 Å². The van der Waals surface area contributed by atoms with Crippen molar-refractivity contribution >= 4 is 0 Å². The quantitative estimate of drug-likeness (QED) is 0.698. The van der Waals surface area contributed by atoms with Crippen LogP contribution in [0, 0.1) is 0 Å². The van der Waals surface area contributed by atoms with Crippen molar-refractivity contribution in [3.63, 3.8) is 0 Å². The van der Waals surface area contributed by atoms with Gasteiger partial charge in [-0.05, 0) is 25.3 Å². The van der Waals surface area contributed by atoms with Crippen LogP contribution >= 0.6 is 0 Å². The summed E-state index contributed by atoms with van der Waals surface area (Å²) in [6, 6.07) is 0. The monoisotopic (exact) mass is 182 g/mol. The molecule has 0 aromatic carbocycles. The largest absolute Gasteiger partial charge is 0.273 e. The molecule has 0 bridgehead atoms. The zero-order valence-corrected chi connectivity index (χ0v) is 9.38. The van der Waals surface area contributed by atoms with Gasteiger partial charge in [0.2, 0.25) is 0 Å². The Labute approximate surface area is 82.0 Å². The molecular formula is C11H22N2. The molecule has 0 radical (unpaired) electrons.